The average molecular weight is 357 g/mol. The molecule has 26 heavy (non-hydrogen) atoms. The Hall–Kier alpha value is -1.73. The molecule has 2 fully saturated rings. The monoisotopic (exact) mass is 357 g/mol. The minimum absolute atomic E-state index is 0.259. The van der Waals surface area contributed by atoms with Gasteiger partial charge >= 0.3 is 0 Å². The Morgan fingerprint density at radius 1 is 1.23 bits per heavy atom. The summed E-state index contributed by atoms with van der Waals surface area (Å²) in [7, 11) is 0. The number of oxazole rings is 1. The zero-order chi connectivity index (χ0) is 18.0. The smallest absolute Gasteiger partial charge is 0.226 e. The highest BCUT2D eigenvalue weighted by atomic mass is 16.5. The molecule has 0 saturated carbocycles. The van der Waals surface area contributed by atoms with Gasteiger partial charge in [-0.3, -0.25) is 4.90 Å². The first-order chi connectivity index (χ1) is 12.7. The number of aromatic nitrogens is 1. The summed E-state index contributed by atoms with van der Waals surface area (Å²) in [4.78, 5) is 7.19. The average Bonchev–Trinajstić information content (AvgIpc) is 2.85. The number of hydrogen-bond acceptors (Lipinski definition) is 6. The Labute approximate surface area is 154 Å². The van der Waals surface area contributed by atoms with Crippen molar-refractivity contribution < 1.29 is 13.9 Å². The molecule has 2 aromatic rings. The molecule has 1 aromatic heterocycles. The molecule has 1 aromatic carbocycles. The molecular weight excluding hydrogens is 330 g/mol. The van der Waals surface area contributed by atoms with Gasteiger partial charge in [0, 0.05) is 38.3 Å². The van der Waals surface area contributed by atoms with E-state index in [0.717, 1.165) is 56.3 Å². The quantitative estimate of drug-likeness (QED) is 0.908. The second-order valence-electron chi connectivity index (χ2n) is 7.31. The van der Waals surface area contributed by atoms with Gasteiger partial charge in [-0.15, -0.1) is 0 Å². The van der Waals surface area contributed by atoms with Gasteiger partial charge in [-0.05, 0) is 25.5 Å². The fourth-order valence-corrected chi connectivity index (χ4v) is 3.74. The summed E-state index contributed by atoms with van der Waals surface area (Å²) >= 11 is 0. The van der Waals surface area contributed by atoms with Crippen molar-refractivity contribution in [3.8, 4) is 11.5 Å². The highest BCUT2D eigenvalue weighted by Gasteiger charge is 2.38. The number of ether oxygens (including phenoxy) is 2. The second kappa shape index (κ2) is 7.48. The zero-order valence-corrected chi connectivity index (χ0v) is 15.6. The maximum Gasteiger partial charge on any atom is 0.226 e. The molecule has 6 heteroatoms. The number of nitrogens with zero attached hydrogens (tertiary/aromatic N) is 2. The van der Waals surface area contributed by atoms with Crippen LogP contribution in [0.15, 0.2) is 28.7 Å². The third-order valence-corrected chi connectivity index (χ3v) is 5.20. The van der Waals surface area contributed by atoms with E-state index in [1.165, 1.54) is 5.56 Å². The predicted octanol–water partition coefficient (Wildman–Crippen LogP) is 2.15. The summed E-state index contributed by atoms with van der Waals surface area (Å²) in [5.74, 6) is 1.59. The van der Waals surface area contributed by atoms with Crippen LogP contribution in [0.1, 0.15) is 17.0 Å². The van der Waals surface area contributed by atoms with Crippen molar-refractivity contribution in [1.29, 1.82) is 0 Å². The van der Waals surface area contributed by atoms with Crippen molar-refractivity contribution in [1.82, 2.24) is 15.2 Å². The standard InChI is InChI=1S/C20H27N3O3/c1-15-5-3-4-6-17(15)19-22-18(16(2)26-19)11-23-8-10-25-20(13-23)12-21-7-9-24-14-20/h3-6,21H,7-14H2,1-2H3. The molecule has 2 saturated heterocycles. The van der Waals surface area contributed by atoms with E-state index in [4.69, 9.17) is 18.9 Å². The van der Waals surface area contributed by atoms with Crippen LogP contribution in [0.5, 0.6) is 0 Å². The normalized spacial score (nSPS) is 24.7. The molecule has 0 amide bonds. The second-order valence-corrected chi connectivity index (χ2v) is 7.31. The van der Waals surface area contributed by atoms with Crippen molar-refractivity contribution in [2.45, 2.75) is 26.0 Å². The molecule has 3 heterocycles. The zero-order valence-electron chi connectivity index (χ0n) is 15.6. The molecule has 1 N–H and O–H groups in total. The molecule has 4 rings (SSSR count). The molecule has 2 aliphatic heterocycles. The Kier molecular flexibility index (Phi) is 5.09. The Morgan fingerprint density at radius 2 is 2.12 bits per heavy atom. The first-order valence-corrected chi connectivity index (χ1v) is 9.32. The fourth-order valence-electron chi connectivity index (χ4n) is 3.74. The molecule has 1 unspecified atom stereocenters. The van der Waals surface area contributed by atoms with Crippen molar-refractivity contribution in [3.63, 3.8) is 0 Å². The maximum absolute atomic E-state index is 6.10. The molecule has 0 radical (unpaired) electrons. The molecule has 1 atom stereocenters. The van der Waals surface area contributed by atoms with Gasteiger partial charge in [0.1, 0.15) is 11.4 Å². The summed E-state index contributed by atoms with van der Waals surface area (Å²) in [5.41, 5.74) is 2.97. The number of hydrogen-bond donors (Lipinski definition) is 1. The number of rotatable bonds is 3. The molecule has 1 spiro atoms. The summed E-state index contributed by atoms with van der Waals surface area (Å²) in [6, 6.07) is 8.19. The fraction of sp³-hybridized carbons (Fsp3) is 0.550. The van der Waals surface area contributed by atoms with Gasteiger partial charge in [0.2, 0.25) is 5.89 Å². The van der Waals surface area contributed by atoms with Crippen LogP contribution < -0.4 is 5.32 Å². The summed E-state index contributed by atoms with van der Waals surface area (Å²) in [5, 5.41) is 3.42. The molecule has 140 valence electrons. The number of benzene rings is 1. The van der Waals surface area contributed by atoms with Gasteiger partial charge in [0.25, 0.3) is 0 Å². The van der Waals surface area contributed by atoms with Crippen molar-refractivity contribution in [3.05, 3.63) is 41.3 Å². The highest BCUT2D eigenvalue weighted by molar-refractivity contribution is 5.58. The molecular formula is C20H27N3O3. The van der Waals surface area contributed by atoms with Crippen LogP contribution >= 0.6 is 0 Å². The third-order valence-electron chi connectivity index (χ3n) is 5.20. The lowest BCUT2D eigenvalue weighted by molar-refractivity contribution is -0.135. The summed E-state index contributed by atoms with van der Waals surface area (Å²) in [6.45, 7) is 10.4. The third kappa shape index (κ3) is 3.69. The predicted molar refractivity (Wildman–Crippen MR) is 99.1 cm³/mol. The number of nitrogens with one attached hydrogen (secondary N) is 1. The topological polar surface area (TPSA) is 59.8 Å². The molecule has 0 bridgehead atoms. The van der Waals surface area contributed by atoms with E-state index in [9.17, 15) is 0 Å². The van der Waals surface area contributed by atoms with E-state index in [1.807, 2.05) is 19.1 Å². The van der Waals surface area contributed by atoms with Crippen molar-refractivity contribution in [2.75, 3.05) is 46.0 Å². The van der Waals surface area contributed by atoms with Crippen LogP contribution in [-0.2, 0) is 16.0 Å². The lowest BCUT2D eigenvalue weighted by Gasteiger charge is -2.41. The van der Waals surface area contributed by atoms with Crippen LogP contribution in [0.2, 0.25) is 0 Å². The Morgan fingerprint density at radius 3 is 3.00 bits per heavy atom. The van der Waals surface area contributed by atoms with Crippen LogP contribution in [-0.4, -0.2) is 61.5 Å². The van der Waals surface area contributed by atoms with Crippen LogP contribution in [0.25, 0.3) is 11.5 Å². The Bertz CT molecular complexity index is 751. The van der Waals surface area contributed by atoms with Gasteiger partial charge < -0.3 is 19.2 Å². The van der Waals surface area contributed by atoms with E-state index in [-0.39, 0.29) is 5.60 Å². The summed E-state index contributed by atoms with van der Waals surface area (Å²) in [6.07, 6.45) is 0. The molecule has 6 nitrogen and oxygen atoms in total. The van der Waals surface area contributed by atoms with Gasteiger partial charge in [-0.25, -0.2) is 4.98 Å². The van der Waals surface area contributed by atoms with Gasteiger partial charge in [0.15, 0.2) is 0 Å². The molecule has 2 aliphatic rings. The maximum atomic E-state index is 6.10. The first kappa shape index (κ1) is 17.7. The lowest BCUT2D eigenvalue weighted by atomic mass is 10.0. The Balaban J connectivity index is 1.49. The van der Waals surface area contributed by atoms with Gasteiger partial charge in [-0.1, -0.05) is 18.2 Å². The number of aryl methyl sites for hydroxylation is 2. The van der Waals surface area contributed by atoms with Crippen molar-refractivity contribution in [2.24, 2.45) is 0 Å². The summed E-state index contributed by atoms with van der Waals surface area (Å²) < 4.78 is 17.8. The van der Waals surface area contributed by atoms with E-state index < -0.39 is 0 Å². The highest BCUT2D eigenvalue weighted by Crippen LogP contribution is 2.27. The minimum Gasteiger partial charge on any atom is -0.441 e. The largest absolute Gasteiger partial charge is 0.441 e. The van der Waals surface area contributed by atoms with Gasteiger partial charge in [0.05, 0.1) is 25.5 Å². The van der Waals surface area contributed by atoms with E-state index in [0.29, 0.717) is 19.1 Å². The SMILES string of the molecule is Cc1ccccc1-c1nc(CN2CCOC3(CNCCOC3)C2)c(C)o1. The first-order valence-electron chi connectivity index (χ1n) is 9.32. The van der Waals surface area contributed by atoms with Gasteiger partial charge in [-0.2, -0.15) is 0 Å². The van der Waals surface area contributed by atoms with E-state index in [1.54, 1.807) is 0 Å². The molecule has 0 aliphatic carbocycles. The van der Waals surface area contributed by atoms with Crippen LogP contribution in [0.4, 0.5) is 0 Å². The minimum atomic E-state index is -0.259. The lowest BCUT2D eigenvalue weighted by Crippen LogP contribution is -2.57. The van der Waals surface area contributed by atoms with E-state index >= 15 is 0 Å². The number of morpholine rings is 1. The van der Waals surface area contributed by atoms with Crippen LogP contribution in [0, 0.1) is 13.8 Å². The van der Waals surface area contributed by atoms with Crippen LogP contribution in [0.3, 0.4) is 0 Å². The van der Waals surface area contributed by atoms with E-state index in [2.05, 4.69) is 29.3 Å². The van der Waals surface area contributed by atoms with Crippen molar-refractivity contribution >= 4 is 0 Å².